The highest BCUT2D eigenvalue weighted by Crippen LogP contribution is 2.08. The van der Waals surface area contributed by atoms with E-state index in [2.05, 4.69) is 0 Å². The van der Waals surface area contributed by atoms with Crippen LogP contribution in [0.1, 0.15) is 26.7 Å². The van der Waals surface area contributed by atoms with Crippen LogP contribution in [0.4, 0.5) is 0 Å². The number of hydrogen-bond acceptors (Lipinski definition) is 3. The summed E-state index contributed by atoms with van der Waals surface area (Å²) < 4.78 is 0. The molecule has 5 nitrogen and oxygen atoms in total. The predicted octanol–water partition coefficient (Wildman–Crippen LogP) is 0.0805. The Morgan fingerprint density at radius 3 is 2.07 bits per heavy atom. The minimum Gasteiger partial charge on any atom is -0.474 e. The summed E-state index contributed by atoms with van der Waals surface area (Å²) >= 11 is 0. The van der Waals surface area contributed by atoms with Crippen molar-refractivity contribution in [3.63, 3.8) is 0 Å². The molecule has 1 amide bonds. The zero-order valence-corrected chi connectivity index (χ0v) is 8.56. The second-order valence-corrected chi connectivity index (χ2v) is 3.00. The summed E-state index contributed by atoms with van der Waals surface area (Å²) in [6.07, 6.45) is 1.38. The first-order valence-corrected chi connectivity index (χ1v) is 4.73. The van der Waals surface area contributed by atoms with Gasteiger partial charge in [-0.1, -0.05) is 13.8 Å². The summed E-state index contributed by atoms with van der Waals surface area (Å²) in [7, 11) is 0. The Morgan fingerprint density at radius 2 is 1.79 bits per heavy atom. The molecule has 5 heteroatoms. The third-order valence-corrected chi connectivity index (χ3v) is 2.17. The van der Waals surface area contributed by atoms with Crippen LogP contribution in [0.25, 0.3) is 0 Å². The van der Waals surface area contributed by atoms with Crippen molar-refractivity contribution >= 4 is 11.9 Å². The van der Waals surface area contributed by atoms with Crippen molar-refractivity contribution in [3.8, 4) is 0 Å². The van der Waals surface area contributed by atoms with Gasteiger partial charge in [-0.3, -0.25) is 4.79 Å². The van der Waals surface area contributed by atoms with Gasteiger partial charge in [-0.05, 0) is 12.8 Å². The van der Waals surface area contributed by atoms with E-state index < -0.39 is 11.9 Å². The molecule has 0 aromatic carbocycles. The summed E-state index contributed by atoms with van der Waals surface area (Å²) in [5, 5.41) is 17.3. The van der Waals surface area contributed by atoms with Gasteiger partial charge in [0.2, 0.25) is 0 Å². The van der Waals surface area contributed by atoms with Gasteiger partial charge < -0.3 is 15.1 Å². The van der Waals surface area contributed by atoms with Gasteiger partial charge in [-0.2, -0.15) is 0 Å². The molecule has 14 heavy (non-hydrogen) atoms. The van der Waals surface area contributed by atoms with Crippen LogP contribution < -0.4 is 0 Å². The molecule has 0 aliphatic heterocycles. The monoisotopic (exact) mass is 203 g/mol. The molecule has 0 spiro atoms. The van der Waals surface area contributed by atoms with Gasteiger partial charge >= 0.3 is 11.9 Å². The second kappa shape index (κ2) is 6.37. The van der Waals surface area contributed by atoms with E-state index in [1.807, 2.05) is 13.8 Å². The van der Waals surface area contributed by atoms with Crippen LogP contribution in [0.2, 0.25) is 0 Å². The zero-order valence-electron chi connectivity index (χ0n) is 8.56. The molecule has 0 heterocycles. The van der Waals surface area contributed by atoms with Crippen molar-refractivity contribution in [2.24, 2.45) is 0 Å². The first-order valence-electron chi connectivity index (χ1n) is 4.73. The van der Waals surface area contributed by atoms with Crippen LogP contribution in [-0.4, -0.2) is 46.2 Å². The maximum atomic E-state index is 11.2. The molecule has 0 unspecified atom stereocenters. The maximum absolute atomic E-state index is 11.2. The quantitative estimate of drug-likeness (QED) is 0.620. The lowest BCUT2D eigenvalue weighted by Gasteiger charge is -2.28. The molecule has 0 radical (unpaired) electrons. The highest BCUT2D eigenvalue weighted by molar-refractivity contribution is 6.31. The van der Waals surface area contributed by atoms with E-state index in [0.717, 1.165) is 0 Å². The molecule has 0 bridgehead atoms. The fourth-order valence-corrected chi connectivity index (χ4v) is 1.41. The van der Waals surface area contributed by atoms with Gasteiger partial charge in [0.25, 0.3) is 0 Å². The molecule has 82 valence electrons. The zero-order chi connectivity index (χ0) is 11.1. The molecular formula is C9H17NO4. The molecule has 0 aliphatic rings. The number of hydrogen-bond donors (Lipinski definition) is 2. The van der Waals surface area contributed by atoms with Crippen molar-refractivity contribution in [1.29, 1.82) is 0 Å². The number of carbonyl (C=O) groups excluding carboxylic acids is 1. The fraction of sp³-hybridized carbons (Fsp3) is 0.778. The van der Waals surface area contributed by atoms with Gasteiger partial charge in [-0.15, -0.1) is 0 Å². The van der Waals surface area contributed by atoms with E-state index in [-0.39, 0.29) is 19.2 Å². The van der Waals surface area contributed by atoms with Gasteiger partial charge in [0.15, 0.2) is 0 Å². The lowest BCUT2D eigenvalue weighted by atomic mass is 10.1. The van der Waals surface area contributed by atoms with Crippen molar-refractivity contribution in [2.45, 2.75) is 32.7 Å². The van der Waals surface area contributed by atoms with Crippen LogP contribution in [0.15, 0.2) is 0 Å². The van der Waals surface area contributed by atoms with Crippen LogP contribution in [0, 0.1) is 0 Å². The number of aliphatic carboxylic acids is 1. The van der Waals surface area contributed by atoms with E-state index in [4.69, 9.17) is 10.2 Å². The summed E-state index contributed by atoms with van der Waals surface area (Å²) in [6, 6.07) is -0.106. The number of rotatable bonds is 5. The molecule has 2 N–H and O–H groups in total. The first kappa shape index (κ1) is 12.9. The van der Waals surface area contributed by atoms with E-state index >= 15 is 0 Å². The minimum atomic E-state index is -1.47. The largest absolute Gasteiger partial charge is 0.474 e. The van der Waals surface area contributed by atoms with Crippen molar-refractivity contribution in [2.75, 3.05) is 13.2 Å². The normalized spacial score (nSPS) is 10.3. The summed E-state index contributed by atoms with van der Waals surface area (Å²) in [6.45, 7) is 3.63. The Kier molecular flexibility index (Phi) is 5.87. The molecule has 0 saturated heterocycles. The SMILES string of the molecule is CCC(CC)N(CCO)C(=O)C(=O)O. The van der Waals surface area contributed by atoms with Crippen molar-refractivity contribution < 1.29 is 19.8 Å². The van der Waals surface area contributed by atoms with Crippen molar-refractivity contribution in [3.05, 3.63) is 0 Å². The Balaban J connectivity index is 4.55. The Morgan fingerprint density at radius 1 is 1.29 bits per heavy atom. The molecule has 0 atom stereocenters. The average molecular weight is 203 g/mol. The highest BCUT2D eigenvalue weighted by atomic mass is 16.4. The number of aliphatic hydroxyl groups is 1. The highest BCUT2D eigenvalue weighted by Gasteiger charge is 2.25. The lowest BCUT2D eigenvalue weighted by Crippen LogP contribution is -2.45. The number of aliphatic hydroxyl groups excluding tert-OH is 1. The van der Waals surface area contributed by atoms with Crippen LogP contribution >= 0.6 is 0 Å². The summed E-state index contributed by atoms with van der Waals surface area (Å²) in [5.74, 6) is -2.40. The Hall–Kier alpha value is -1.10. The number of amides is 1. The number of carbonyl (C=O) groups is 2. The second-order valence-electron chi connectivity index (χ2n) is 3.00. The summed E-state index contributed by atoms with van der Waals surface area (Å²) in [5.41, 5.74) is 0. The average Bonchev–Trinajstić information content (AvgIpc) is 2.17. The van der Waals surface area contributed by atoms with E-state index in [1.165, 1.54) is 4.90 Å². The minimum absolute atomic E-state index is 0.0808. The Bertz CT molecular complexity index is 201. The molecule has 0 aliphatic carbocycles. The molecular weight excluding hydrogens is 186 g/mol. The maximum Gasteiger partial charge on any atom is 0.394 e. The van der Waals surface area contributed by atoms with E-state index in [1.54, 1.807) is 0 Å². The van der Waals surface area contributed by atoms with E-state index in [9.17, 15) is 9.59 Å². The van der Waals surface area contributed by atoms with Gasteiger partial charge in [-0.25, -0.2) is 4.79 Å². The predicted molar refractivity (Wildman–Crippen MR) is 50.8 cm³/mol. The van der Waals surface area contributed by atoms with Crippen LogP contribution in [0.5, 0.6) is 0 Å². The molecule has 0 saturated carbocycles. The van der Waals surface area contributed by atoms with Gasteiger partial charge in [0.1, 0.15) is 0 Å². The molecule has 0 aromatic heterocycles. The topological polar surface area (TPSA) is 77.8 Å². The smallest absolute Gasteiger partial charge is 0.394 e. The molecule has 0 aromatic rings. The molecule has 0 rings (SSSR count). The third-order valence-electron chi connectivity index (χ3n) is 2.17. The lowest BCUT2D eigenvalue weighted by molar-refractivity contribution is -0.157. The van der Waals surface area contributed by atoms with Gasteiger partial charge in [0.05, 0.1) is 6.61 Å². The first-order chi connectivity index (χ1) is 6.58. The number of carboxylic acid groups (broad SMARTS) is 1. The van der Waals surface area contributed by atoms with Crippen LogP contribution in [0.3, 0.4) is 0 Å². The van der Waals surface area contributed by atoms with Crippen LogP contribution in [-0.2, 0) is 9.59 Å². The van der Waals surface area contributed by atoms with E-state index in [0.29, 0.717) is 12.8 Å². The standard InChI is InChI=1S/C9H17NO4/c1-3-7(4-2)10(5-6-11)8(12)9(13)14/h7,11H,3-6H2,1-2H3,(H,13,14). The molecule has 0 fully saturated rings. The number of nitrogens with zero attached hydrogens (tertiary/aromatic N) is 1. The van der Waals surface area contributed by atoms with Gasteiger partial charge in [0, 0.05) is 12.6 Å². The van der Waals surface area contributed by atoms with Crippen molar-refractivity contribution in [1.82, 2.24) is 4.90 Å². The number of carboxylic acids is 1. The Labute approximate surface area is 83.3 Å². The summed E-state index contributed by atoms with van der Waals surface area (Å²) in [4.78, 5) is 22.9. The fourth-order valence-electron chi connectivity index (χ4n) is 1.41. The third kappa shape index (κ3) is 3.33.